The summed E-state index contributed by atoms with van der Waals surface area (Å²) in [6, 6.07) is 7.77. The van der Waals surface area contributed by atoms with Crippen molar-refractivity contribution in [1.82, 2.24) is 14.9 Å². The quantitative estimate of drug-likeness (QED) is 0.673. The van der Waals surface area contributed by atoms with Crippen molar-refractivity contribution in [2.24, 2.45) is 0 Å². The lowest BCUT2D eigenvalue weighted by atomic mass is 10.2. The fourth-order valence-electron chi connectivity index (χ4n) is 3.97. The maximum absolute atomic E-state index is 12.7. The molecule has 1 aliphatic carbocycles. The Bertz CT molecular complexity index is 991. The molecule has 1 aromatic carbocycles. The molecule has 148 valence electrons. The van der Waals surface area contributed by atoms with Gasteiger partial charge >= 0.3 is 0 Å². The van der Waals surface area contributed by atoms with E-state index in [1.807, 2.05) is 12.1 Å². The minimum Gasteiger partial charge on any atom is -0.493 e. The Kier molecular flexibility index (Phi) is 5.34. The maximum atomic E-state index is 12.7. The van der Waals surface area contributed by atoms with Gasteiger partial charge in [-0.15, -0.1) is 0 Å². The maximum Gasteiger partial charge on any atom is 0.258 e. The Morgan fingerprint density at radius 2 is 1.93 bits per heavy atom. The first kappa shape index (κ1) is 18.6. The van der Waals surface area contributed by atoms with Gasteiger partial charge in [-0.25, -0.2) is 4.98 Å². The number of methoxy groups -OCH3 is 2. The number of hydrogen-bond donors (Lipinski definition) is 1. The van der Waals surface area contributed by atoms with Gasteiger partial charge < -0.3 is 18.9 Å². The number of furan rings is 1. The van der Waals surface area contributed by atoms with Crippen LogP contribution in [0.5, 0.6) is 11.5 Å². The second kappa shape index (κ2) is 8.06. The fourth-order valence-corrected chi connectivity index (χ4v) is 3.97. The average molecular weight is 383 g/mol. The summed E-state index contributed by atoms with van der Waals surface area (Å²) < 4.78 is 16.2. The molecule has 1 fully saturated rings. The van der Waals surface area contributed by atoms with E-state index in [-0.39, 0.29) is 5.56 Å². The molecule has 0 bridgehead atoms. The molecule has 1 N–H and O–H groups in total. The molecule has 0 atom stereocenters. The van der Waals surface area contributed by atoms with Gasteiger partial charge in [-0.3, -0.25) is 9.69 Å². The van der Waals surface area contributed by atoms with E-state index in [0.29, 0.717) is 47.4 Å². The predicted molar refractivity (Wildman–Crippen MR) is 106 cm³/mol. The molecule has 3 aromatic rings. The second-order valence-electron chi connectivity index (χ2n) is 7.16. The molecule has 0 radical (unpaired) electrons. The van der Waals surface area contributed by atoms with Crippen LogP contribution in [-0.4, -0.2) is 35.1 Å². The molecule has 0 aliphatic heterocycles. The Morgan fingerprint density at radius 1 is 1.18 bits per heavy atom. The number of hydrogen-bond acceptors (Lipinski definition) is 6. The van der Waals surface area contributed by atoms with E-state index in [4.69, 9.17) is 18.9 Å². The van der Waals surface area contributed by atoms with E-state index in [1.165, 1.54) is 12.8 Å². The number of rotatable bonds is 7. The van der Waals surface area contributed by atoms with Crippen LogP contribution >= 0.6 is 0 Å². The number of aromatic nitrogens is 2. The van der Waals surface area contributed by atoms with Crippen molar-refractivity contribution >= 4 is 10.9 Å². The Balaban J connectivity index is 1.67. The molecule has 4 rings (SSSR count). The molecule has 28 heavy (non-hydrogen) atoms. The van der Waals surface area contributed by atoms with Crippen molar-refractivity contribution in [3.8, 4) is 11.5 Å². The number of benzene rings is 1. The van der Waals surface area contributed by atoms with Gasteiger partial charge in [0.25, 0.3) is 5.56 Å². The normalized spacial score (nSPS) is 14.8. The van der Waals surface area contributed by atoms with E-state index < -0.39 is 0 Å². The SMILES string of the molecule is COc1cc2nc(CN(Cc3ccco3)C3CCCC3)[nH]c(=O)c2cc1OC. The lowest BCUT2D eigenvalue weighted by molar-refractivity contribution is 0.163. The van der Waals surface area contributed by atoms with Gasteiger partial charge in [0.05, 0.1) is 44.5 Å². The first-order valence-electron chi connectivity index (χ1n) is 9.59. The third kappa shape index (κ3) is 3.75. The van der Waals surface area contributed by atoms with Crippen molar-refractivity contribution < 1.29 is 13.9 Å². The highest BCUT2D eigenvalue weighted by Crippen LogP contribution is 2.30. The van der Waals surface area contributed by atoms with Crippen molar-refractivity contribution in [1.29, 1.82) is 0 Å². The molecule has 1 saturated carbocycles. The summed E-state index contributed by atoms with van der Waals surface area (Å²) in [6.07, 6.45) is 6.47. The zero-order chi connectivity index (χ0) is 19.5. The first-order chi connectivity index (χ1) is 13.7. The third-order valence-electron chi connectivity index (χ3n) is 5.39. The number of nitrogens with zero attached hydrogens (tertiary/aromatic N) is 2. The van der Waals surface area contributed by atoms with Crippen LogP contribution in [0.2, 0.25) is 0 Å². The summed E-state index contributed by atoms with van der Waals surface area (Å²) in [7, 11) is 3.12. The highest BCUT2D eigenvalue weighted by molar-refractivity contribution is 5.81. The number of H-pyrrole nitrogens is 1. The van der Waals surface area contributed by atoms with Gasteiger partial charge in [-0.1, -0.05) is 12.8 Å². The molecule has 7 nitrogen and oxygen atoms in total. The number of fused-ring (bicyclic) bond motifs is 1. The largest absolute Gasteiger partial charge is 0.493 e. The molecule has 0 saturated heterocycles. The minimum absolute atomic E-state index is 0.176. The molecule has 0 spiro atoms. The Morgan fingerprint density at radius 3 is 2.61 bits per heavy atom. The molecule has 7 heteroatoms. The predicted octanol–water partition coefficient (Wildman–Crippen LogP) is 3.48. The number of ether oxygens (including phenoxy) is 2. The van der Waals surface area contributed by atoms with Crippen LogP contribution in [-0.2, 0) is 13.1 Å². The van der Waals surface area contributed by atoms with Crippen LogP contribution in [0.15, 0.2) is 39.7 Å². The van der Waals surface area contributed by atoms with E-state index in [1.54, 1.807) is 32.6 Å². The minimum atomic E-state index is -0.176. The highest BCUT2D eigenvalue weighted by atomic mass is 16.5. The summed E-state index contributed by atoms with van der Waals surface area (Å²) in [5, 5.41) is 0.486. The monoisotopic (exact) mass is 383 g/mol. The van der Waals surface area contributed by atoms with Crippen molar-refractivity contribution in [2.45, 2.75) is 44.8 Å². The second-order valence-corrected chi connectivity index (χ2v) is 7.16. The molecule has 0 amide bonds. The zero-order valence-electron chi connectivity index (χ0n) is 16.2. The van der Waals surface area contributed by atoms with E-state index in [9.17, 15) is 4.79 Å². The van der Waals surface area contributed by atoms with Crippen LogP contribution in [0.4, 0.5) is 0 Å². The van der Waals surface area contributed by atoms with E-state index in [0.717, 1.165) is 18.6 Å². The van der Waals surface area contributed by atoms with Gasteiger partial charge in [0.2, 0.25) is 0 Å². The molecule has 2 aromatic heterocycles. The van der Waals surface area contributed by atoms with Crippen LogP contribution in [0.1, 0.15) is 37.3 Å². The summed E-state index contributed by atoms with van der Waals surface area (Å²) in [6.45, 7) is 1.26. The first-order valence-corrected chi connectivity index (χ1v) is 9.59. The van der Waals surface area contributed by atoms with E-state index in [2.05, 4.69) is 9.88 Å². The lowest BCUT2D eigenvalue weighted by Gasteiger charge is -2.27. The van der Waals surface area contributed by atoms with Crippen LogP contribution in [0.3, 0.4) is 0 Å². The van der Waals surface area contributed by atoms with Crippen LogP contribution in [0, 0.1) is 0 Å². The van der Waals surface area contributed by atoms with Crippen molar-refractivity contribution in [3.05, 3.63) is 52.5 Å². The summed E-state index contributed by atoms with van der Waals surface area (Å²) in [4.78, 5) is 22.6. The third-order valence-corrected chi connectivity index (χ3v) is 5.39. The van der Waals surface area contributed by atoms with Gasteiger partial charge in [0.1, 0.15) is 11.6 Å². The standard InChI is InChI=1S/C21H25N3O4/c1-26-18-10-16-17(11-19(18)27-2)22-20(23-21(16)25)13-24(14-6-3-4-7-14)12-15-8-5-9-28-15/h5,8-11,14H,3-4,6-7,12-13H2,1-2H3,(H,22,23,25). The smallest absolute Gasteiger partial charge is 0.258 e. The zero-order valence-corrected chi connectivity index (χ0v) is 16.2. The number of nitrogens with one attached hydrogen (secondary N) is 1. The van der Waals surface area contributed by atoms with Gasteiger partial charge in [-0.05, 0) is 31.0 Å². The number of aromatic amines is 1. The molecular formula is C21H25N3O4. The molecule has 1 aliphatic rings. The summed E-state index contributed by atoms with van der Waals surface area (Å²) in [5.41, 5.74) is 0.422. The summed E-state index contributed by atoms with van der Waals surface area (Å²) in [5.74, 6) is 2.63. The molecular weight excluding hydrogens is 358 g/mol. The molecule has 2 heterocycles. The van der Waals surface area contributed by atoms with Crippen LogP contribution in [0.25, 0.3) is 10.9 Å². The Hall–Kier alpha value is -2.80. The lowest BCUT2D eigenvalue weighted by Crippen LogP contribution is -2.33. The van der Waals surface area contributed by atoms with Crippen molar-refractivity contribution in [3.63, 3.8) is 0 Å². The van der Waals surface area contributed by atoms with E-state index >= 15 is 0 Å². The average Bonchev–Trinajstić information content (AvgIpc) is 3.40. The summed E-state index contributed by atoms with van der Waals surface area (Å²) >= 11 is 0. The van der Waals surface area contributed by atoms with Gasteiger partial charge in [0.15, 0.2) is 11.5 Å². The van der Waals surface area contributed by atoms with Gasteiger partial charge in [-0.2, -0.15) is 0 Å². The van der Waals surface area contributed by atoms with Crippen LogP contribution < -0.4 is 15.0 Å². The fraction of sp³-hybridized carbons (Fsp3) is 0.429. The Labute approximate surface area is 163 Å². The topological polar surface area (TPSA) is 80.6 Å². The molecule has 0 unspecified atom stereocenters. The van der Waals surface area contributed by atoms with Crippen molar-refractivity contribution in [2.75, 3.05) is 14.2 Å². The highest BCUT2D eigenvalue weighted by Gasteiger charge is 2.24. The van der Waals surface area contributed by atoms with Gasteiger partial charge in [0, 0.05) is 12.1 Å².